The third-order valence-corrected chi connectivity index (χ3v) is 4.64. The Morgan fingerprint density at radius 2 is 1.79 bits per heavy atom. The normalized spacial score (nSPS) is 14.6. The van der Waals surface area contributed by atoms with Crippen LogP contribution >= 0.6 is 0 Å². The molecule has 0 fully saturated rings. The summed E-state index contributed by atoms with van der Waals surface area (Å²) in [4.78, 5) is 12.1. The van der Waals surface area contributed by atoms with E-state index in [4.69, 9.17) is 4.74 Å². The largest absolute Gasteiger partial charge is 0.484 e. The van der Waals surface area contributed by atoms with Crippen molar-refractivity contribution in [2.24, 2.45) is 0 Å². The summed E-state index contributed by atoms with van der Waals surface area (Å²) in [5.41, 5.74) is 5.11. The summed E-state index contributed by atoms with van der Waals surface area (Å²) >= 11 is 0. The number of aryl methyl sites for hydroxylation is 3. The molecule has 0 radical (unpaired) electrons. The lowest BCUT2D eigenvalue weighted by atomic mass is 9.92. The van der Waals surface area contributed by atoms with E-state index in [0.717, 1.165) is 24.2 Å². The van der Waals surface area contributed by atoms with Gasteiger partial charge in [0.15, 0.2) is 6.61 Å². The summed E-state index contributed by atoms with van der Waals surface area (Å²) in [6, 6.07) is 14.4. The van der Waals surface area contributed by atoms with Gasteiger partial charge in [-0.2, -0.15) is 0 Å². The van der Waals surface area contributed by atoms with Crippen molar-refractivity contribution in [1.29, 1.82) is 0 Å². The van der Waals surface area contributed by atoms with Crippen LogP contribution in [0.1, 0.15) is 48.1 Å². The zero-order chi connectivity index (χ0) is 16.9. The van der Waals surface area contributed by atoms with Gasteiger partial charge in [0.05, 0.1) is 6.04 Å². The van der Waals surface area contributed by atoms with E-state index in [2.05, 4.69) is 36.5 Å². The van der Waals surface area contributed by atoms with Crippen LogP contribution in [0.5, 0.6) is 5.75 Å². The van der Waals surface area contributed by atoms with Crippen LogP contribution in [0.25, 0.3) is 0 Å². The molecule has 1 atom stereocenters. The molecule has 24 heavy (non-hydrogen) atoms. The molecule has 1 amide bonds. The molecule has 3 heteroatoms. The minimum absolute atomic E-state index is 0.0229. The second kappa shape index (κ2) is 7.52. The van der Waals surface area contributed by atoms with Gasteiger partial charge >= 0.3 is 0 Å². The zero-order valence-electron chi connectivity index (χ0n) is 14.5. The number of benzene rings is 2. The maximum Gasteiger partial charge on any atom is 0.258 e. The maximum absolute atomic E-state index is 12.1. The van der Waals surface area contributed by atoms with Crippen molar-refractivity contribution < 1.29 is 9.53 Å². The van der Waals surface area contributed by atoms with Gasteiger partial charge in [-0.25, -0.2) is 0 Å². The molecule has 0 saturated heterocycles. The highest BCUT2D eigenvalue weighted by Crippen LogP contribution is 2.25. The predicted molar refractivity (Wildman–Crippen MR) is 96.3 cm³/mol. The van der Waals surface area contributed by atoms with Crippen LogP contribution in [0.2, 0.25) is 0 Å². The van der Waals surface area contributed by atoms with Crippen molar-refractivity contribution in [2.45, 2.75) is 45.6 Å². The molecule has 0 heterocycles. The molecule has 2 aromatic carbocycles. The first kappa shape index (κ1) is 16.6. The highest BCUT2D eigenvalue weighted by molar-refractivity contribution is 5.78. The number of hydrogen-bond acceptors (Lipinski definition) is 2. The second-order valence-corrected chi connectivity index (χ2v) is 6.63. The van der Waals surface area contributed by atoms with Crippen LogP contribution in [-0.2, 0) is 17.6 Å². The average molecular weight is 323 g/mol. The lowest BCUT2D eigenvalue weighted by molar-refractivity contribution is -0.123. The van der Waals surface area contributed by atoms with Gasteiger partial charge in [0.2, 0.25) is 0 Å². The fourth-order valence-corrected chi connectivity index (χ4v) is 3.17. The highest BCUT2D eigenvalue weighted by Gasteiger charge is 2.12. The fourth-order valence-electron chi connectivity index (χ4n) is 3.17. The Hall–Kier alpha value is -2.29. The Labute approximate surface area is 144 Å². The standard InChI is InChI=1S/C21H25NO2/c1-15-7-9-17(10-8-15)16(2)22-21(23)14-24-20-12-11-18-5-3-4-6-19(18)13-20/h7-13,16H,3-6,14H2,1-2H3,(H,22,23)/t16-/m0/s1. The van der Waals surface area contributed by atoms with E-state index in [1.807, 2.05) is 25.1 Å². The first-order chi connectivity index (χ1) is 11.6. The maximum atomic E-state index is 12.1. The zero-order valence-corrected chi connectivity index (χ0v) is 14.5. The van der Waals surface area contributed by atoms with E-state index in [0.29, 0.717) is 0 Å². The van der Waals surface area contributed by atoms with Gasteiger partial charge in [0.25, 0.3) is 5.91 Å². The number of amides is 1. The molecule has 1 aliphatic carbocycles. The van der Waals surface area contributed by atoms with Crippen molar-refractivity contribution in [2.75, 3.05) is 6.61 Å². The second-order valence-electron chi connectivity index (χ2n) is 6.63. The van der Waals surface area contributed by atoms with Crippen LogP contribution in [0.4, 0.5) is 0 Å². The number of ether oxygens (including phenoxy) is 1. The molecule has 2 aromatic rings. The minimum atomic E-state index is -0.0965. The van der Waals surface area contributed by atoms with Gasteiger partial charge in [0, 0.05) is 0 Å². The number of carbonyl (C=O) groups is 1. The molecule has 126 valence electrons. The molecule has 0 aliphatic heterocycles. The Morgan fingerprint density at radius 3 is 2.54 bits per heavy atom. The van der Waals surface area contributed by atoms with Gasteiger partial charge in [-0.15, -0.1) is 0 Å². The summed E-state index contributed by atoms with van der Waals surface area (Å²) in [5, 5.41) is 2.98. The van der Waals surface area contributed by atoms with E-state index in [1.54, 1.807) is 0 Å². The summed E-state index contributed by atoms with van der Waals surface area (Å²) < 4.78 is 5.68. The number of rotatable bonds is 5. The summed E-state index contributed by atoms with van der Waals surface area (Å²) in [6.45, 7) is 4.09. The molecule has 1 N–H and O–H groups in total. The number of carbonyl (C=O) groups excluding carboxylic acids is 1. The molecular weight excluding hydrogens is 298 g/mol. The third kappa shape index (κ3) is 4.16. The number of nitrogens with one attached hydrogen (secondary N) is 1. The Kier molecular flexibility index (Phi) is 5.19. The van der Waals surface area contributed by atoms with Gasteiger partial charge < -0.3 is 10.1 Å². The predicted octanol–water partition coefficient (Wildman–Crippen LogP) is 4.13. The van der Waals surface area contributed by atoms with E-state index in [9.17, 15) is 4.79 Å². The van der Waals surface area contributed by atoms with E-state index >= 15 is 0 Å². The minimum Gasteiger partial charge on any atom is -0.484 e. The highest BCUT2D eigenvalue weighted by atomic mass is 16.5. The van der Waals surface area contributed by atoms with Crippen LogP contribution in [0.15, 0.2) is 42.5 Å². The molecule has 0 unspecified atom stereocenters. The Balaban J connectivity index is 1.52. The first-order valence-corrected chi connectivity index (χ1v) is 8.72. The smallest absolute Gasteiger partial charge is 0.258 e. The Morgan fingerprint density at radius 1 is 1.08 bits per heavy atom. The molecule has 0 aromatic heterocycles. The van der Waals surface area contributed by atoms with Crippen molar-refractivity contribution in [3.63, 3.8) is 0 Å². The molecule has 0 spiro atoms. The molecule has 3 rings (SSSR count). The summed E-state index contributed by atoms with van der Waals surface area (Å²) in [5.74, 6) is 0.689. The first-order valence-electron chi connectivity index (χ1n) is 8.72. The van der Waals surface area contributed by atoms with Crippen molar-refractivity contribution in [1.82, 2.24) is 5.32 Å². The van der Waals surface area contributed by atoms with E-state index in [-0.39, 0.29) is 18.6 Å². The monoisotopic (exact) mass is 323 g/mol. The van der Waals surface area contributed by atoms with Crippen LogP contribution in [0, 0.1) is 6.92 Å². The number of fused-ring (bicyclic) bond motifs is 1. The molecule has 3 nitrogen and oxygen atoms in total. The quantitative estimate of drug-likeness (QED) is 0.898. The van der Waals surface area contributed by atoms with E-state index < -0.39 is 0 Å². The van der Waals surface area contributed by atoms with Gasteiger partial charge in [0.1, 0.15) is 5.75 Å². The third-order valence-electron chi connectivity index (χ3n) is 4.64. The number of hydrogen-bond donors (Lipinski definition) is 1. The molecular formula is C21H25NO2. The van der Waals surface area contributed by atoms with Crippen molar-refractivity contribution >= 4 is 5.91 Å². The van der Waals surface area contributed by atoms with Crippen LogP contribution < -0.4 is 10.1 Å². The molecule has 0 saturated carbocycles. The van der Waals surface area contributed by atoms with Gasteiger partial charge in [-0.05, 0) is 68.4 Å². The Bertz CT molecular complexity index is 706. The molecule has 1 aliphatic rings. The van der Waals surface area contributed by atoms with Crippen LogP contribution in [-0.4, -0.2) is 12.5 Å². The van der Waals surface area contributed by atoms with Crippen LogP contribution in [0.3, 0.4) is 0 Å². The molecule has 0 bridgehead atoms. The van der Waals surface area contributed by atoms with Gasteiger partial charge in [-0.3, -0.25) is 4.79 Å². The topological polar surface area (TPSA) is 38.3 Å². The fraction of sp³-hybridized carbons (Fsp3) is 0.381. The lowest BCUT2D eigenvalue weighted by Crippen LogP contribution is -2.31. The van der Waals surface area contributed by atoms with Crippen molar-refractivity contribution in [3.8, 4) is 5.75 Å². The average Bonchev–Trinajstić information content (AvgIpc) is 2.60. The summed E-state index contributed by atoms with van der Waals surface area (Å²) in [6.07, 6.45) is 4.78. The lowest BCUT2D eigenvalue weighted by Gasteiger charge is -2.17. The SMILES string of the molecule is Cc1ccc([C@H](C)NC(=O)COc2ccc3c(c2)CCCC3)cc1. The van der Waals surface area contributed by atoms with E-state index in [1.165, 1.54) is 29.5 Å². The summed E-state index contributed by atoms with van der Waals surface area (Å²) in [7, 11) is 0. The van der Waals surface area contributed by atoms with Gasteiger partial charge in [-0.1, -0.05) is 35.9 Å². The van der Waals surface area contributed by atoms with Crippen molar-refractivity contribution in [3.05, 3.63) is 64.7 Å².